The highest BCUT2D eigenvalue weighted by Crippen LogP contribution is 2.56. The van der Waals surface area contributed by atoms with Gasteiger partial charge in [0.2, 0.25) is 5.95 Å². The van der Waals surface area contributed by atoms with Crippen molar-refractivity contribution in [2.45, 2.75) is 5.41 Å². The molecule has 0 N–H and O–H groups in total. The standard InChI is InChI=1S/C51H32N4/c1-3-15-35(16-4-1)51(36-17-5-2-6-18-36)42-22-10-7-19-37(42)38-29-27-34(32-43(38)51)33-28-30-47-41(31-33)39-20-9-13-25-46(39)54(47)50-53-44-23-11-8-21-40(44)49-52-45-24-12-14-26-48(45)55(49)50/h1-32H. The van der Waals surface area contributed by atoms with E-state index in [0.29, 0.717) is 0 Å². The van der Waals surface area contributed by atoms with Crippen LogP contribution in [0.25, 0.3) is 77.6 Å². The zero-order valence-corrected chi connectivity index (χ0v) is 29.8. The lowest BCUT2D eigenvalue weighted by Crippen LogP contribution is -2.28. The molecule has 0 atom stereocenters. The smallest absolute Gasteiger partial charge is 0.221 e. The fourth-order valence-electron chi connectivity index (χ4n) is 9.47. The van der Waals surface area contributed by atoms with E-state index in [-0.39, 0.29) is 0 Å². The van der Waals surface area contributed by atoms with Gasteiger partial charge in [-0.1, -0.05) is 146 Å². The zero-order chi connectivity index (χ0) is 36.1. The van der Waals surface area contributed by atoms with Crippen LogP contribution in [0.15, 0.2) is 194 Å². The number of imidazole rings is 1. The lowest BCUT2D eigenvalue weighted by Gasteiger charge is -2.34. The SMILES string of the molecule is c1ccc(C2(c3ccccc3)c3ccccc3-c3ccc(-c4ccc5c(c4)c4ccccc4n5-c4nc5ccccc5c5nc6ccccc6n45)cc32)cc1. The molecule has 4 nitrogen and oxygen atoms in total. The molecule has 0 bridgehead atoms. The van der Waals surface area contributed by atoms with Crippen LogP contribution in [0.4, 0.5) is 0 Å². The largest absolute Gasteiger partial charge is 0.279 e. The number of benzene rings is 8. The molecule has 12 rings (SSSR count). The summed E-state index contributed by atoms with van der Waals surface area (Å²) in [5, 5.41) is 3.40. The predicted molar refractivity (Wildman–Crippen MR) is 225 cm³/mol. The third-order valence-electron chi connectivity index (χ3n) is 11.8. The molecular weight excluding hydrogens is 669 g/mol. The molecule has 3 aromatic heterocycles. The van der Waals surface area contributed by atoms with Crippen LogP contribution in [0.3, 0.4) is 0 Å². The van der Waals surface area contributed by atoms with Gasteiger partial charge in [-0.05, 0) is 93.0 Å². The molecule has 11 aromatic rings. The van der Waals surface area contributed by atoms with Crippen molar-refractivity contribution >= 4 is 49.4 Å². The van der Waals surface area contributed by atoms with E-state index in [1.54, 1.807) is 0 Å². The Morgan fingerprint density at radius 3 is 1.76 bits per heavy atom. The van der Waals surface area contributed by atoms with E-state index >= 15 is 0 Å². The van der Waals surface area contributed by atoms with Crippen LogP contribution >= 0.6 is 0 Å². The van der Waals surface area contributed by atoms with Gasteiger partial charge >= 0.3 is 0 Å². The topological polar surface area (TPSA) is 35.1 Å². The Morgan fingerprint density at radius 1 is 0.382 bits per heavy atom. The molecule has 0 fully saturated rings. The third kappa shape index (κ3) is 4.11. The second kappa shape index (κ2) is 11.3. The highest BCUT2D eigenvalue weighted by molar-refractivity contribution is 6.11. The predicted octanol–water partition coefficient (Wildman–Crippen LogP) is 12.2. The molecule has 1 aliphatic carbocycles. The molecule has 0 radical (unpaired) electrons. The highest BCUT2D eigenvalue weighted by atomic mass is 15.2. The third-order valence-corrected chi connectivity index (χ3v) is 11.8. The van der Waals surface area contributed by atoms with Gasteiger partial charge in [-0.25, -0.2) is 9.97 Å². The number of aromatic nitrogens is 4. The first kappa shape index (κ1) is 30.2. The Labute approximate surface area is 317 Å². The van der Waals surface area contributed by atoms with Crippen molar-refractivity contribution < 1.29 is 0 Å². The van der Waals surface area contributed by atoms with Crippen molar-refractivity contribution in [3.63, 3.8) is 0 Å². The second-order valence-corrected chi connectivity index (χ2v) is 14.6. The van der Waals surface area contributed by atoms with E-state index in [4.69, 9.17) is 9.97 Å². The summed E-state index contributed by atoms with van der Waals surface area (Å²) in [7, 11) is 0. The van der Waals surface area contributed by atoms with Gasteiger partial charge in [0.15, 0.2) is 0 Å². The van der Waals surface area contributed by atoms with Crippen LogP contribution in [0.2, 0.25) is 0 Å². The Kier molecular flexibility index (Phi) is 6.23. The first-order valence-electron chi connectivity index (χ1n) is 18.8. The minimum Gasteiger partial charge on any atom is -0.279 e. The molecule has 1 aliphatic rings. The number of nitrogens with zero attached hydrogens (tertiary/aromatic N) is 4. The molecule has 0 saturated carbocycles. The maximum Gasteiger partial charge on any atom is 0.221 e. The number of hydrogen-bond donors (Lipinski definition) is 0. The molecule has 0 spiro atoms. The van der Waals surface area contributed by atoms with Crippen LogP contribution < -0.4 is 0 Å². The van der Waals surface area contributed by atoms with Crippen molar-refractivity contribution in [2.24, 2.45) is 0 Å². The molecule has 0 aliphatic heterocycles. The average molecular weight is 701 g/mol. The molecule has 3 heterocycles. The lowest BCUT2D eigenvalue weighted by molar-refractivity contribution is 0.769. The van der Waals surface area contributed by atoms with E-state index in [1.807, 2.05) is 6.07 Å². The first-order chi connectivity index (χ1) is 27.3. The summed E-state index contributed by atoms with van der Waals surface area (Å²) >= 11 is 0. The van der Waals surface area contributed by atoms with Crippen molar-refractivity contribution in [3.05, 3.63) is 216 Å². The Bertz CT molecular complexity index is 3280. The van der Waals surface area contributed by atoms with Gasteiger partial charge in [0.1, 0.15) is 5.65 Å². The van der Waals surface area contributed by atoms with Crippen LogP contribution in [-0.4, -0.2) is 18.9 Å². The van der Waals surface area contributed by atoms with E-state index < -0.39 is 5.41 Å². The van der Waals surface area contributed by atoms with Crippen molar-refractivity contribution in [1.29, 1.82) is 0 Å². The van der Waals surface area contributed by atoms with Crippen molar-refractivity contribution in [1.82, 2.24) is 18.9 Å². The lowest BCUT2D eigenvalue weighted by atomic mass is 9.67. The normalized spacial score (nSPS) is 13.2. The van der Waals surface area contributed by atoms with Crippen molar-refractivity contribution in [3.8, 4) is 28.2 Å². The van der Waals surface area contributed by atoms with E-state index in [1.165, 1.54) is 55.3 Å². The summed E-state index contributed by atoms with van der Waals surface area (Å²) in [4.78, 5) is 10.5. The van der Waals surface area contributed by atoms with Gasteiger partial charge in [0.05, 0.1) is 33.0 Å². The minimum absolute atomic E-state index is 0.453. The minimum atomic E-state index is -0.453. The van der Waals surface area contributed by atoms with E-state index in [0.717, 1.165) is 44.6 Å². The zero-order valence-electron chi connectivity index (χ0n) is 29.8. The summed E-state index contributed by atoms with van der Waals surface area (Å²) in [5.74, 6) is 0.826. The molecular formula is C51H32N4. The van der Waals surface area contributed by atoms with Gasteiger partial charge in [-0.2, -0.15) is 0 Å². The summed E-state index contributed by atoms with van der Waals surface area (Å²) in [6.45, 7) is 0. The van der Waals surface area contributed by atoms with E-state index in [9.17, 15) is 0 Å². The number of para-hydroxylation sites is 4. The fourth-order valence-corrected chi connectivity index (χ4v) is 9.47. The fraction of sp³-hybridized carbons (Fsp3) is 0.0196. The summed E-state index contributed by atoms with van der Waals surface area (Å²) in [6, 6.07) is 70.3. The molecule has 0 saturated heterocycles. The molecule has 4 heteroatoms. The molecule has 55 heavy (non-hydrogen) atoms. The van der Waals surface area contributed by atoms with Crippen LogP contribution in [0.1, 0.15) is 22.3 Å². The summed E-state index contributed by atoms with van der Waals surface area (Å²) in [6.07, 6.45) is 0. The Morgan fingerprint density at radius 2 is 0.964 bits per heavy atom. The molecule has 8 aromatic carbocycles. The van der Waals surface area contributed by atoms with Gasteiger partial charge in [0.25, 0.3) is 0 Å². The maximum atomic E-state index is 5.37. The van der Waals surface area contributed by atoms with Crippen LogP contribution in [0.5, 0.6) is 0 Å². The quantitative estimate of drug-likeness (QED) is 0.183. The molecule has 256 valence electrons. The van der Waals surface area contributed by atoms with Gasteiger partial charge in [-0.3, -0.25) is 8.97 Å². The van der Waals surface area contributed by atoms with Gasteiger partial charge < -0.3 is 0 Å². The van der Waals surface area contributed by atoms with Crippen LogP contribution in [0, 0.1) is 0 Å². The number of hydrogen-bond acceptors (Lipinski definition) is 2. The van der Waals surface area contributed by atoms with E-state index in [2.05, 4.69) is 197 Å². The molecule has 0 amide bonds. The summed E-state index contributed by atoms with van der Waals surface area (Å²) in [5.41, 5.74) is 15.7. The molecule has 0 unspecified atom stereocenters. The highest BCUT2D eigenvalue weighted by Gasteiger charge is 2.46. The summed E-state index contributed by atoms with van der Waals surface area (Å²) < 4.78 is 4.54. The van der Waals surface area contributed by atoms with Gasteiger partial charge in [0, 0.05) is 16.2 Å². The van der Waals surface area contributed by atoms with Gasteiger partial charge in [-0.15, -0.1) is 0 Å². The Balaban J connectivity index is 1.12. The van der Waals surface area contributed by atoms with Crippen molar-refractivity contribution in [2.75, 3.05) is 0 Å². The maximum absolute atomic E-state index is 5.37. The number of rotatable bonds is 4. The monoisotopic (exact) mass is 700 g/mol. The Hall–Kier alpha value is -7.30. The average Bonchev–Trinajstić information content (AvgIpc) is 3.91. The number of fused-ring (bicyclic) bond motifs is 11. The van der Waals surface area contributed by atoms with Crippen LogP contribution in [-0.2, 0) is 5.41 Å². The second-order valence-electron chi connectivity index (χ2n) is 14.6. The first-order valence-corrected chi connectivity index (χ1v) is 18.8.